The molecule has 1 aromatic heterocycles. The summed E-state index contributed by atoms with van der Waals surface area (Å²) in [5.41, 5.74) is 1.19. The first kappa shape index (κ1) is 13.9. The molecule has 0 aliphatic carbocycles. The molecule has 2 rings (SSSR count). The van der Waals surface area contributed by atoms with Crippen molar-refractivity contribution in [2.45, 2.75) is 6.42 Å². The second-order valence-corrected chi connectivity index (χ2v) is 4.10. The second-order valence-electron chi connectivity index (χ2n) is 4.10. The average Bonchev–Trinajstić information content (AvgIpc) is 2.49. The van der Waals surface area contributed by atoms with Gasteiger partial charge in [-0.05, 0) is 36.2 Å². The number of aromatic nitrogens is 2. The van der Waals surface area contributed by atoms with Gasteiger partial charge in [0.05, 0.1) is 7.11 Å². The zero-order chi connectivity index (χ0) is 14.4. The van der Waals surface area contributed by atoms with Gasteiger partial charge in [-0.1, -0.05) is 12.1 Å². The fourth-order valence-electron chi connectivity index (χ4n) is 1.63. The van der Waals surface area contributed by atoms with Crippen LogP contribution in [-0.2, 0) is 11.2 Å². The molecule has 0 amide bonds. The van der Waals surface area contributed by atoms with E-state index in [1.165, 1.54) is 19.2 Å². The third-order valence-electron chi connectivity index (χ3n) is 2.69. The van der Waals surface area contributed by atoms with Crippen molar-refractivity contribution in [3.63, 3.8) is 0 Å². The molecular weight excluding hydrogens is 261 g/mol. The van der Waals surface area contributed by atoms with E-state index in [1.807, 2.05) is 0 Å². The van der Waals surface area contributed by atoms with E-state index in [1.54, 1.807) is 24.3 Å². The largest absolute Gasteiger partial charge is 0.464 e. The van der Waals surface area contributed by atoms with Crippen molar-refractivity contribution in [2.75, 3.05) is 19.0 Å². The van der Waals surface area contributed by atoms with Crippen LogP contribution >= 0.6 is 0 Å². The number of nitrogens with one attached hydrogen (secondary N) is 1. The highest BCUT2D eigenvalue weighted by molar-refractivity contribution is 5.86. The summed E-state index contributed by atoms with van der Waals surface area (Å²) >= 11 is 0. The van der Waals surface area contributed by atoms with Gasteiger partial charge in [0.25, 0.3) is 0 Å². The summed E-state index contributed by atoms with van der Waals surface area (Å²) in [5.74, 6) is -0.193. The Labute approximate surface area is 115 Å². The molecule has 0 fully saturated rings. The molecule has 1 N–H and O–H groups in total. The SMILES string of the molecule is COC(=O)c1ccc(NCCc2ccc(F)cc2)nn1. The quantitative estimate of drug-likeness (QED) is 0.846. The van der Waals surface area contributed by atoms with Crippen molar-refractivity contribution < 1.29 is 13.9 Å². The highest BCUT2D eigenvalue weighted by Crippen LogP contribution is 2.06. The smallest absolute Gasteiger partial charge is 0.358 e. The molecule has 1 aromatic carbocycles. The maximum atomic E-state index is 12.7. The van der Waals surface area contributed by atoms with Crippen molar-refractivity contribution in [3.8, 4) is 0 Å². The fraction of sp³-hybridized carbons (Fsp3) is 0.214. The number of anilines is 1. The van der Waals surface area contributed by atoms with Crippen LogP contribution in [0.15, 0.2) is 36.4 Å². The summed E-state index contributed by atoms with van der Waals surface area (Å²) in [4.78, 5) is 11.2. The van der Waals surface area contributed by atoms with Crippen LogP contribution in [0.3, 0.4) is 0 Å². The minimum Gasteiger partial charge on any atom is -0.464 e. The number of hydrogen-bond donors (Lipinski definition) is 1. The van der Waals surface area contributed by atoms with Gasteiger partial charge in [-0.3, -0.25) is 0 Å². The van der Waals surface area contributed by atoms with Crippen molar-refractivity contribution in [3.05, 3.63) is 53.5 Å². The van der Waals surface area contributed by atoms with E-state index in [0.29, 0.717) is 12.4 Å². The van der Waals surface area contributed by atoms with E-state index in [9.17, 15) is 9.18 Å². The van der Waals surface area contributed by atoms with Crippen LogP contribution in [-0.4, -0.2) is 29.8 Å². The lowest BCUT2D eigenvalue weighted by molar-refractivity contribution is 0.0593. The highest BCUT2D eigenvalue weighted by atomic mass is 19.1. The summed E-state index contributed by atoms with van der Waals surface area (Å²) < 4.78 is 17.3. The van der Waals surface area contributed by atoms with Gasteiger partial charge in [0, 0.05) is 6.54 Å². The molecule has 0 aliphatic heterocycles. The van der Waals surface area contributed by atoms with Crippen molar-refractivity contribution >= 4 is 11.8 Å². The summed E-state index contributed by atoms with van der Waals surface area (Å²) in [7, 11) is 1.29. The van der Waals surface area contributed by atoms with Gasteiger partial charge in [-0.2, -0.15) is 0 Å². The summed E-state index contributed by atoms with van der Waals surface area (Å²) in [6.45, 7) is 0.637. The molecule has 104 valence electrons. The number of benzene rings is 1. The van der Waals surface area contributed by atoms with E-state index >= 15 is 0 Å². The number of esters is 1. The Hall–Kier alpha value is -2.50. The van der Waals surface area contributed by atoms with Crippen LogP contribution in [0.1, 0.15) is 16.1 Å². The Kier molecular flexibility index (Phi) is 4.60. The lowest BCUT2D eigenvalue weighted by Gasteiger charge is -2.05. The van der Waals surface area contributed by atoms with Crippen LogP contribution in [0.25, 0.3) is 0 Å². The standard InChI is InChI=1S/C14H14FN3O2/c1-20-14(19)12-6-7-13(18-17-12)16-9-8-10-2-4-11(15)5-3-10/h2-7H,8-9H2,1H3,(H,16,18). The predicted molar refractivity (Wildman–Crippen MR) is 72.0 cm³/mol. The zero-order valence-electron chi connectivity index (χ0n) is 11.0. The highest BCUT2D eigenvalue weighted by Gasteiger charge is 2.07. The van der Waals surface area contributed by atoms with Crippen LogP contribution in [0, 0.1) is 5.82 Å². The summed E-state index contributed by atoms with van der Waals surface area (Å²) in [6, 6.07) is 9.54. The van der Waals surface area contributed by atoms with Gasteiger partial charge in [0.2, 0.25) is 0 Å². The molecule has 1 heterocycles. The number of methoxy groups -OCH3 is 1. The summed E-state index contributed by atoms with van der Waals surface area (Å²) in [5, 5.41) is 10.7. The lowest BCUT2D eigenvalue weighted by Crippen LogP contribution is -2.10. The predicted octanol–water partition coefficient (Wildman–Crippen LogP) is 2.06. The minimum atomic E-state index is -0.518. The molecule has 0 saturated heterocycles. The van der Waals surface area contributed by atoms with Crippen molar-refractivity contribution in [2.24, 2.45) is 0 Å². The molecule has 0 radical (unpaired) electrons. The Morgan fingerprint density at radius 2 is 1.95 bits per heavy atom. The molecule has 20 heavy (non-hydrogen) atoms. The Bertz CT molecular complexity index is 570. The first-order valence-corrected chi connectivity index (χ1v) is 6.09. The summed E-state index contributed by atoms with van der Waals surface area (Å²) in [6.07, 6.45) is 0.737. The van der Waals surface area contributed by atoms with E-state index in [4.69, 9.17) is 0 Å². The average molecular weight is 275 g/mol. The van der Waals surface area contributed by atoms with Crippen LogP contribution in [0.2, 0.25) is 0 Å². The van der Waals surface area contributed by atoms with E-state index < -0.39 is 5.97 Å². The molecule has 2 aromatic rings. The normalized spacial score (nSPS) is 10.1. The van der Waals surface area contributed by atoms with Gasteiger partial charge in [-0.25, -0.2) is 9.18 Å². The number of hydrogen-bond acceptors (Lipinski definition) is 5. The molecule has 5 nitrogen and oxygen atoms in total. The third kappa shape index (κ3) is 3.74. The van der Waals surface area contributed by atoms with Gasteiger partial charge in [0.15, 0.2) is 5.69 Å². The second kappa shape index (κ2) is 6.60. The Balaban J connectivity index is 1.85. The van der Waals surface area contributed by atoms with Gasteiger partial charge in [-0.15, -0.1) is 10.2 Å². The van der Waals surface area contributed by atoms with Gasteiger partial charge in [0.1, 0.15) is 11.6 Å². The Morgan fingerprint density at radius 3 is 2.55 bits per heavy atom. The maximum Gasteiger partial charge on any atom is 0.358 e. The molecular formula is C14H14FN3O2. The molecule has 0 spiro atoms. The first-order chi connectivity index (χ1) is 9.69. The first-order valence-electron chi connectivity index (χ1n) is 6.09. The van der Waals surface area contributed by atoms with Gasteiger partial charge < -0.3 is 10.1 Å². The molecule has 0 unspecified atom stereocenters. The van der Waals surface area contributed by atoms with Crippen LogP contribution < -0.4 is 5.32 Å². The lowest BCUT2D eigenvalue weighted by atomic mass is 10.1. The van der Waals surface area contributed by atoms with E-state index in [-0.39, 0.29) is 11.5 Å². The molecule has 6 heteroatoms. The number of halogens is 1. The zero-order valence-corrected chi connectivity index (χ0v) is 11.0. The molecule has 0 bridgehead atoms. The van der Waals surface area contributed by atoms with Crippen molar-refractivity contribution in [1.29, 1.82) is 0 Å². The van der Waals surface area contributed by atoms with Crippen molar-refractivity contribution in [1.82, 2.24) is 10.2 Å². The topological polar surface area (TPSA) is 64.1 Å². The number of rotatable bonds is 5. The molecule has 0 saturated carbocycles. The minimum absolute atomic E-state index is 0.164. The third-order valence-corrected chi connectivity index (χ3v) is 2.69. The fourth-order valence-corrected chi connectivity index (χ4v) is 1.63. The van der Waals surface area contributed by atoms with Crippen LogP contribution in [0.4, 0.5) is 10.2 Å². The number of nitrogens with zero attached hydrogens (tertiary/aromatic N) is 2. The number of ether oxygens (including phenoxy) is 1. The van der Waals surface area contributed by atoms with Crippen LogP contribution in [0.5, 0.6) is 0 Å². The monoisotopic (exact) mass is 275 g/mol. The Morgan fingerprint density at radius 1 is 1.20 bits per heavy atom. The molecule has 0 aliphatic rings. The number of carbonyl (C=O) groups is 1. The molecule has 0 atom stereocenters. The van der Waals surface area contributed by atoms with E-state index in [0.717, 1.165) is 12.0 Å². The van der Waals surface area contributed by atoms with E-state index in [2.05, 4.69) is 20.3 Å². The maximum absolute atomic E-state index is 12.7. The van der Waals surface area contributed by atoms with Gasteiger partial charge >= 0.3 is 5.97 Å². The number of carbonyl (C=O) groups excluding carboxylic acids is 1.